The number of hydrogen-bond acceptors (Lipinski definition) is 3. The van der Waals surface area contributed by atoms with Gasteiger partial charge >= 0.3 is 0 Å². The maximum atomic E-state index is 11.0. The van der Waals surface area contributed by atoms with Crippen LogP contribution in [0.1, 0.15) is 28.8 Å². The Hall–Kier alpha value is -1.51. The fourth-order valence-electron chi connectivity index (χ4n) is 2.18. The van der Waals surface area contributed by atoms with Gasteiger partial charge in [0.25, 0.3) is 0 Å². The maximum Gasteiger partial charge on any atom is 0.249 e. The second-order valence-corrected chi connectivity index (χ2v) is 5.53. The monoisotopic (exact) mass is 492 g/mol. The highest BCUT2D eigenvalue weighted by molar-refractivity contribution is 6.32. The van der Waals surface area contributed by atoms with E-state index >= 15 is 0 Å². The Labute approximate surface area is 172 Å². The third-order valence-electron chi connectivity index (χ3n) is 3.46. The molecule has 136 valence electrons. The first-order valence-electron chi connectivity index (χ1n) is 7.25. The summed E-state index contributed by atoms with van der Waals surface area (Å²) >= 11 is 6.09. The zero-order valence-corrected chi connectivity index (χ0v) is 17.3. The van der Waals surface area contributed by atoms with Crippen LogP contribution in [-0.4, -0.2) is 17.3 Å². The molecule has 2 aromatic rings. The third-order valence-corrected chi connectivity index (χ3v) is 3.77. The van der Waals surface area contributed by atoms with Gasteiger partial charge in [-0.1, -0.05) is 16.8 Å². The normalized spacial score (nSPS) is 10.1. The van der Waals surface area contributed by atoms with Gasteiger partial charge in [-0.15, -0.1) is 0 Å². The van der Waals surface area contributed by atoms with Crippen molar-refractivity contribution in [3.05, 3.63) is 59.1 Å². The molecule has 25 heavy (non-hydrogen) atoms. The largest absolute Gasteiger partial charge is 1.00 e. The molecule has 9 heteroatoms. The molecule has 1 amide bonds. The Kier molecular flexibility index (Phi) is 11.2. The number of halogens is 3. The summed E-state index contributed by atoms with van der Waals surface area (Å²) in [6.45, 7) is 1.71. The number of aryl methyl sites for hydroxylation is 2. The van der Waals surface area contributed by atoms with E-state index in [1.807, 2.05) is 33.9 Å². The van der Waals surface area contributed by atoms with E-state index in [-0.39, 0.29) is 34.0 Å². The third kappa shape index (κ3) is 7.50. The van der Waals surface area contributed by atoms with Crippen LogP contribution in [0.15, 0.2) is 48.1 Å². The van der Waals surface area contributed by atoms with Crippen LogP contribution in [0.25, 0.3) is 0 Å². The summed E-state index contributed by atoms with van der Waals surface area (Å²) in [5.74, 6) is -0.417. The van der Waals surface area contributed by atoms with E-state index in [1.54, 1.807) is 18.2 Å². The molecule has 0 aromatic carbocycles. The van der Waals surface area contributed by atoms with Crippen molar-refractivity contribution >= 4 is 23.7 Å². The summed E-state index contributed by atoms with van der Waals surface area (Å²) in [5, 5.41) is 12.0. The fraction of sp³-hybridized carbons (Fsp3) is 0.250. The van der Waals surface area contributed by atoms with Gasteiger partial charge < -0.3 is 44.9 Å². The van der Waals surface area contributed by atoms with E-state index in [4.69, 9.17) is 22.5 Å². The minimum absolute atomic E-state index is 0. The molecule has 0 aliphatic rings. The summed E-state index contributed by atoms with van der Waals surface area (Å²) in [5.41, 5.74) is 6.40. The molecule has 0 radical (unpaired) electrons. The van der Waals surface area contributed by atoms with Crippen molar-refractivity contribution in [2.45, 2.75) is 25.9 Å². The van der Waals surface area contributed by atoms with Crippen molar-refractivity contribution in [3.8, 4) is 0 Å². The van der Waals surface area contributed by atoms with Gasteiger partial charge in [0.05, 0.1) is 11.8 Å². The zero-order chi connectivity index (χ0) is 16.7. The van der Waals surface area contributed by atoms with Gasteiger partial charge in [0.1, 0.15) is 18.1 Å². The molecule has 6 nitrogen and oxygen atoms in total. The van der Waals surface area contributed by atoms with E-state index < -0.39 is 5.91 Å². The van der Waals surface area contributed by atoms with Crippen molar-refractivity contribution in [2.75, 3.05) is 0 Å². The van der Waals surface area contributed by atoms with Gasteiger partial charge in [-0.05, 0) is 0 Å². The summed E-state index contributed by atoms with van der Waals surface area (Å²) in [6.07, 6.45) is 10.7. The molecule has 0 unspecified atom stereocenters. The number of primary amides is 1. The molecule has 0 saturated heterocycles. The summed E-state index contributed by atoms with van der Waals surface area (Å²) in [6, 6.07) is 5.25. The first-order valence-corrected chi connectivity index (χ1v) is 7.63. The van der Waals surface area contributed by atoms with Crippen LogP contribution >= 0.6 is 11.6 Å². The SMILES string of the molecule is NC(=O)c1cc[n+](CCCC[n+]2ccc(C=NO)c(Cl)c2)cc1.[Br-].[Br-]. The number of carbonyl (C=O) groups excluding carboxylic acids is 1. The molecule has 0 aliphatic heterocycles. The summed E-state index contributed by atoms with van der Waals surface area (Å²) in [4.78, 5) is 11.0. The Morgan fingerprint density at radius 1 is 1.12 bits per heavy atom. The molecule has 2 aromatic heterocycles. The lowest BCUT2D eigenvalue weighted by Crippen LogP contribution is -3.00. The highest BCUT2D eigenvalue weighted by Gasteiger charge is 2.08. The average molecular weight is 495 g/mol. The smallest absolute Gasteiger partial charge is 0.249 e. The lowest BCUT2D eigenvalue weighted by Gasteiger charge is -2.00. The Balaban J connectivity index is 0.00000288. The van der Waals surface area contributed by atoms with Crippen molar-refractivity contribution < 1.29 is 53.1 Å². The summed E-state index contributed by atoms with van der Waals surface area (Å²) in [7, 11) is 0. The molecule has 2 heterocycles. The molecule has 3 N–H and O–H groups in total. The van der Waals surface area contributed by atoms with E-state index in [0.29, 0.717) is 16.1 Å². The number of unbranched alkanes of at least 4 members (excludes halogenated alkanes) is 1. The van der Waals surface area contributed by atoms with Crippen LogP contribution in [0.4, 0.5) is 0 Å². The molecule has 0 fully saturated rings. The number of rotatable bonds is 7. The van der Waals surface area contributed by atoms with Gasteiger partial charge in [0, 0.05) is 36.6 Å². The number of amides is 1. The molecule has 0 saturated carbocycles. The Morgan fingerprint density at radius 3 is 2.20 bits per heavy atom. The lowest BCUT2D eigenvalue weighted by molar-refractivity contribution is -0.708. The van der Waals surface area contributed by atoms with Gasteiger partial charge in [-0.3, -0.25) is 4.79 Å². The number of pyridine rings is 2. The van der Waals surface area contributed by atoms with E-state index in [2.05, 4.69) is 5.16 Å². The first-order chi connectivity index (χ1) is 11.1. The summed E-state index contributed by atoms with van der Waals surface area (Å²) < 4.78 is 4.02. The van der Waals surface area contributed by atoms with Crippen molar-refractivity contribution in [2.24, 2.45) is 10.9 Å². The van der Waals surface area contributed by atoms with Gasteiger partial charge in [-0.25, -0.2) is 9.13 Å². The molecule has 0 atom stereocenters. The molecular weight excluding hydrogens is 475 g/mol. The van der Waals surface area contributed by atoms with Gasteiger partial charge in [-0.2, -0.15) is 0 Å². The Bertz CT molecular complexity index is 712. The quantitative estimate of drug-likeness (QED) is 0.133. The molecular formula is C16H19Br2ClN4O2. The minimum atomic E-state index is -0.417. The standard InChI is InChI=1S/C16H17ClN4O2.2BrH/c17-15-12-21(10-5-14(15)11-19-23)7-2-1-6-20-8-3-13(4-9-20)16(18)22;;/h3-5,8-12H,1-2,6-7H2,(H-,18,22);2*1H. The first kappa shape index (κ1) is 23.5. The molecule has 2 rings (SSSR count). The van der Waals surface area contributed by atoms with Crippen LogP contribution in [-0.2, 0) is 13.1 Å². The van der Waals surface area contributed by atoms with Gasteiger partial charge in [0.15, 0.2) is 24.8 Å². The van der Waals surface area contributed by atoms with Crippen LogP contribution in [0.5, 0.6) is 0 Å². The second kappa shape index (κ2) is 11.9. The molecule has 0 aliphatic carbocycles. The van der Waals surface area contributed by atoms with Crippen molar-refractivity contribution in [1.29, 1.82) is 0 Å². The number of nitrogens with two attached hydrogens (primary N) is 1. The number of nitrogens with zero attached hydrogens (tertiary/aromatic N) is 3. The number of aromatic nitrogens is 2. The van der Waals surface area contributed by atoms with Crippen LogP contribution in [0.2, 0.25) is 5.02 Å². The minimum Gasteiger partial charge on any atom is -1.00 e. The van der Waals surface area contributed by atoms with Crippen molar-refractivity contribution in [3.63, 3.8) is 0 Å². The van der Waals surface area contributed by atoms with Crippen LogP contribution < -0.4 is 48.8 Å². The van der Waals surface area contributed by atoms with Crippen LogP contribution in [0, 0.1) is 0 Å². The highest BCUT2D eigenvalue weighted by Crippen LogP contribution is 2.10. The lowest BCUT2D eigenvalue weighted by atomic mass is 10.2. The van der Waals surface area contributed by atoms with E-state index in [1.165, 1.54) is 6.21 Å². The highest BCUT2D eigenvalue weighted by atomic mass is 79.9. The maximum absolute atomic E-state index is 11.0. The molecule has 0 spiro atoms. The number of carbonyl (C=O) groups is 1. The predicted molar refractivity (Wildman–Crippen MR) is 85.4 cm³/mol. The Morgan fingerprint density at radius 2 is 1.68 bits per heavy atom. The van der Waals surface area contributed by atoms with Crippen molar-refractivity contribution in [1.82, 2.24) is 0 Å². The number of hydrogen-bond donors (Lipinski definition) is 2. The average Bonchev–Trinajstić information content (AvgIpc) is 2.54. The second-order valence-electron chi connectivity index (χ2n) is 5.13. The van der Waals surface area contributed by atoms with E-state index in [9.17, 15) is 4.79 Å². The topological polar surface area (TPSA) is 83.4 Å². The van der Waals surface area contributed by atoms with Crippen LogP contribution in [0.3, 0.4) is 0 Å². The molecule has 0 bridgehead atoms. The van der Waals surface area contributed by atoms with E-state index in [0.717, 1.165) is 25.9 Å². The fourth-order valence-corrected chi connectivity index (χ4v) is 2.42. The van der Waals surface area contributed by atoms with Gasteiger partial charge in [0.2, 0.25) is 5.91 Å². The predicted octanol–water partition coefficient (Wildman–Crippen LogP) is -4.69. The number of oxime groups is 1. The zero-order valence-electron chi connectivity index (χ0n) is 13.4.